The number of rotatable bonds is 4. The number of urea groups is 1. The first-order valence-electron chi connectivity index (χ1n) is 7.20. The van der Waals surface area contributed by atoms with Crippen LogP contribution in [-0.4, -0.2) is 36.5 Å². The van der Waals surface area contributed by atoms with Gasteiger partial charge in [0.25, 0.3) is 0 Å². The minimum atomic E-state index is -0.896. The number of halogens is 2. The van der Waals surface area contributed by atoms with Crippen LogP contribution < -0.4 is 10.6 Å². The normalized spacial score (nSPS) is 18.5. The van der Waals surface area contributed by atoms with Crippen LogP contribution in [0, 0.1) is 0 Å². The van der Waals surface area contributed by atoms with Crippen LogP contribution >= 0.6 is 23.2 Å². The van der Waals surface area contributed by atoms with Gasteiger partial charge in [-0.05, 0) is 18.6 Å². The van der Waals surface area contributed by atoms with E-state index in [4.69, 9.17) is 27.9 Å². The number of aliphatic hydroxyl groups is 1. The molecule has 1 aliphatic rings. The second-order valence-electron chi connectivity index (χ2n) is 5.53. The minimum absolute atomic E-state index is 0.193. The number of nitrogens with one attached hydrogen (secondary N) is 2. The Morgan fingerprint density at radius 3 is 2.77 bits per heavy atom. The largest absolute Gasteiger partial charge is 0.388 e. The fourth-order valence-electron chi connectivity index (χ4n) is 2.35. The van der Waals surface area contributed by atoms with E-state index in [0.29, 0.717) is 36.1 Å². The fourth-order valence-corrected chi connectivity index (χ4v) is 2.82. The Bertz CT molecular complexity index is 534. The molecule has 122 valence electrons. The molecule has 1 saturated heterocycles. The van der Waals surface area contributed by atoms with Gasteiger partial charge in [0.2, 0.25) is 0 Å². The number of ether oxygens (including phenoxy) is 1. The van der Waals surface area contributed by atoms with E-state index in [0.717, 1.165) is 5.56 Å². The van der Waals surface area contributed by atoms with Crippen molar-refractivity contribution in [1.82, 2.24) is 10.6 Å². The van der Waals surface area contributed by atoms with Crippen LogP contribution in [0.5, 0.6) is 0 Å². The monoisotopic (exact) mass is 346 g/mol. The summed E-state index contributed by atoms with van der Waals surface area (Å²) in [5.74, 6) is 0. The molecule has 0 aromatic heterocycles. The summed E-state index contributed by atoms with van der Waals surface area (Å²) in [6.07, 6.45) is 1.03. The summed E-state index contributed by atoms with van der Waals surface area (Å²) >= 11 is 12.1. The maximum absolute atomic E-state index is 12.0. The molecule has 0 spiro atoms. The lowest BCUT2D eigenvalue weighted by Crippen LogP contribution is -2.49. The molecule has 1 heterocycles. The van der Waals surface area contributed by atoms with Crippen molar-refractivity contribution in [3.05, 3.63) is 33.8 Å². The first-order valence-corrected chi connectivity index (χ1v) is 7.95. The Labute approximate surface area is 139 Å². The van der Waals surface area contributed by atoms with E-state index in [2.05, 4.69) is 10.6 Å². The van der Waals surface area contributed by atoms with Gasteiger partial charge in [-0.25, -0.2) is 4.79 Å². The van der Waals surface area contributed by atoms with Crippen LogP contribution in [0.1, 0.15) is 31.4 Å². The molecule has 1 atom stereocenters. The van der Waals surface area contributed by atoms with Crippen LogP contribution in [0.2, 0.25) is 10.0 Å². The van der Waals surface area contributed by atoms with Gasteiger partial charge >= 0.3 is 6.03 Å². The number of amides is 2. The van der Waals surface area contributed by atoms with E-state index >= 15 is 0 Å². The number of carbonyl (C=O) groups is 1. The third-order valence-corrected chi connectivity index (χ3v) is 4.63. The summed E-state index contributed by atoms with van der Waals surface area (Å²) in [7, 11) is 0. The van der Waals surface area contributed by atoms with Crippen molar-refractivity contribution in [2.45, 2.75) is 31.4 Å². The maximum atomic E-state index is 12.0. The Morgan fingerprint density at radius 1 is 1.41 bits per heavy atom. The molecule has 1 aromatic carbocycles. The van der Waals surface area contributed by atoms with Crippen LogP contribution in [0.3, 0.4) is 0 Å². The van der Waals surface area contributed by atoms with Crippen molar-refractivity contribution >= 4 is 29.2 Å². The molecular formula is C15H20Cl2N2O3. The van der Waals surface area contributed by atoms with Gasteiger partial charge in [0.05, 0.1) is 21.7 Å². The zero-order valence-corrected chi connectivity index (χ0v) is 13.9. The van der Waals surface area contributed by atoms with E-state index in [1.54, 1.807) is 12.1 Å². The van der Waals surface area contributed by atoms with Gasteiger partial charge in [-0.2, -0.15) is 0 Å². The molecule has 1 fully saturated rings. The van der Waals surface area contributed by atoms with E-state index in [1.165, 1.54) is 0 Å². The maximum Gasteiger partial charge on any atom is 0.315 e. The van der Waals surface area contributed by atoms with Gasteiger partial charge in [-0.1, -0.05) is 35.3 Å². The summed E-state index contributed by atoms with van der Waals surface area (Å²) in [6, 6.07) is 4.63. The molecule has 0 aliphatic carbocycles. The van der Waals surface area contributed by atoms with Gasteiger partial charge in [0.15, 0.2) is 0 Å². The number of carbonyl (C=O) groups excluding carboxylic acids is 1. The van der Waals surface area contributed by atoms with Crippen LogP contribution in [0.4, 0.5) is 4.79 Å². The fraction of sp³-hybridized carbons (Fsp3) is 0.533. The molecule has 1 aromatic rings. The third kappa shape index (κ3) is 4.49. The summed E-state index contributed by atoms with van der Waals surface area (Å²) < 4.78 is 5.20. The van der Waals surface area contributed by atoms with Gasteiger partial charge in [0, 0.05) is 32.6 Å². The predicted molar refractivity (Wildman–Crippen MR) is 86.4 cm³/mol. The molecule has 7 heteroatoms. The highest BCUT2D eigenvalue weighted by molar-refractivity contribution is 6.42. The molecule has 5 nitrogen and oxygen atoms in total. The molecule has 22 heavy (non-hydrogen) atoms. The summed E-state index contributed by atoms with van der Waals surface area (Å²) in [4.78, 5) is 12.0. The smallest absolute Gasteiger partial charge is 0.315 e. The molecule has 1 unspecified atom stereocenters. The molecule has 2 amide bonds. The number of hydrogen-bond acceptors (Lipinski definition) is 3. The van der Waals surface area contributed by atoms with Gasteiger partial charge in [0.1, 0.15) is 0 Å². The molecular weight excluding hydrogens is 327 g/mol. The molecule has 0 radical (unpaired) electrons. The predicted octanol–water partition coefficient (Wildman–Crippen LogP) is 2.90. The molecule has 0 bridgehead atoms. The van der Waals surface area contributed by atoms with Crippen LogP contribution in [-0.2, 0) is 4.74 Å². The lowest BCUT2D eigenvalue weighted by Gasteiger charge is -2.32. The molecule has 3 N–H and O–H groups in total. The van der Waals surface area contributed by atoms with E-state index in [9.17, 15) is 9.90 Å². The topological polar surface area (TPSA) is 70.6 Å². The quantitative estimate of drug-likeness (QED) is 0.784. The average Bonchev–Trinajstić information content (AvgIpc) is 2.49. The lowest BCUT2D eigenvalue weighted by molar-refractivity contribution is -0.0600. The standard InChI is InChI=1S/C15H20Cl2N2O3/c1-10(11-3-2-4-12(16)13(11)17)19-14(20)18-9-15(21)5-7-22-8-6-15/h2-4,10,21H,5-9H2,1H3,(H2,18,19,20). The Morgan fingerprint density at radius 2 is 2.09 bits per heavy atom. The zero-order valence-electron chi connectivity index (χ0n) is 12.4. The molecule has 0 saturated carbocycles. The summed E-state index contributed by atoms with van der Waals surface area (Å²) in [5.41, 5.74) is -0.152. The second kappa shape index (κ2) is 7.51. The summed E-state index contributed by atoms with van der Waals surface area (Å²) in [6.45, 7) is 3.03. The number of benzene rings is 1. The van der Waals surface area contributed by atoms with Crippen LogP contribution in [0.15, 0.2) is 18.2 Å². The van der Waals surface area contributed by atoms with E-state index in [-0.39, 0.29) is 18.6 Å². The Kier molecular flexibility index (Phi) is 5.92. The molecule has 2 rings (SSSR count). The molecule has 1 aliphatic heterocycles. The highest BCUT2D eigenvalue weighted by Gasteiger charge is 2.30. The van der Waals surface area contributed by atoms with Crippen molar-refractivity contribution in [3.8, 4) is 0 Å². The number of hydrogen-bond donors (Lipinski definition) is 3. The van der Waals surface area contributed by atoms with Gasteiger partial charge in [-0.3, -0.25) is 0 Å². The van der Waals surface area contributed by atoms with Crippen molar-refractivity contribution in [2.24, 2.45) is 0 Å². The Balaban J connectivity index is 1.87. The Hall–Kier alpha value is -1.01. The van der Waals surface area contributed by atoms with Gasteiger partial charge < -0.3 is 20.5 Å². The third-order valence-electron chi connectivity index (χ3n) is 3.80. The summed E-state index contributed by atoms with van der Waals surface area (Å²) in [5, 5.41) is 16.7. The van der Waals surface area contributed by atoms with Crippen molar-refractivity contribution in [1.29, 1.82) is 0 Å². The van der Waals surface area contributed by atoms with E-state index < -0.39 is 5.60 Å². The van der Waals surface area contributed by atoms with Gasteiger partial charge in [-0.15, -0.1) is 0 Å². The minimum Gasteiger partial charge on any atom is -0.388 e. The van der Waals surface area contributed by atoms with Crippen LogP contribution in [0.25, 0.3) is 0 Å². The highest BCUT2D eigenvalue weighted by Crippen LogP contribution is 2.29. The second-order valence-corrected chi connectivity index (χ2v) is 6.31. The zero-order chi connectivity index (χ0) is 16.2. The highest BCUT2D eigenvalue weighted by atomic mass is 35.5. The first-order chi connectivity index (χ1) is 10.4. The van der Waals surface area contributed by atoms with Crippen molar-refractivity contribution < 1.29 is 14.6 Å². The van der Waals surface area contributed by atoms with E-state index in [1.807, 2.05) is 13.0 Å². The van der Waals surface area contributed by atoms with Crippen molar-refractivity contribution in [2.75, 3.05) is 19.8 Å². The lowest BCUT2D eigenvalue weighted by atomic mass is 9.94. The average molecular weight is 347 g/mol. The van der Waals surface area contributed by atoms with Crippen molar-refractivity contribution in [3.63, 3.8) is 0 Å². The SMILES string of the molecule is CC(NC(=O)NCC1(O)CCOCC1)c1cccc(Cl)c1Cl. The first kappa shape index (κ1) is 17.3.